The smallest absolute Gasteiger partial charge is 0.254 e. The van der Waals surface area contributed by atoms with Gasteiger partial charge in [-0.25, -0.2) is 9.97 Å². The zero-order chi connectivity index (χ0) is 11.4. The third kappa shape index (κ3) is 2.70. The Balaban J connectivity index is 1.85. The fourth-order valence-corrected chi connectivity index (χ4v) is 2.08. The molecule has 16 heavy (non-hydrogen) atoms. The predicted molar refractivity (Wildman–Crippen MR) is 61.4 cm³/mol. The lowest BCUT2D eigenvalue weighted by atomic mass is 10.0. The summed E-state index contributed by atoms with van der Waals surface area (Å²) in [4.78, 5) is 19.3. The predicted octanol–water partition coefficient (Wildman–Crippen LogP) is 1.62. The number of rotatable bonds is 5. The van der Waals surface area contributed by atoms with E-state index in [0.29, 0.717) is 18.0 Å². The summed E-state index contributed by atoms with van der Waals surface area (Å²) in [7, 11) is 0. The van der Waals surface area contributed by atoms with Crippen molar-refractivity contribution in [3.63, 3.8) is 0 Å². The Bertz CT molecular complexity index is 365. The summed E-state index contributed by atoms with van der Waals surface area (Å²) in [6.45, 7) is 0.702. The summed E-state index contributed by atoms with van der Waals surface area (Å²) in [5.41, 5.74) is 0.761. The van der Waals surface area contributed by atoms with E-state index < -0.39 is 0 Å². The van der Waals surface area contributed by atoms with E-state index in [1.54, 1.807) is 0 Å². The molecule has 0 aromatic carbocycles. The van der Waals surface area contributed by atoms with Crippen molar-refractivity contribution in [2.45, 2.75) is 19.3 Å². The van der Waals surface area contributed by atoms with E-state index >= 15 is 0 Å². The molecule has 0 bridgehead atoms. The number of halogens is 1. The number of nitrogens with zero attached hydrogens (tertiary/aromatic N) is 2. The molecule has 1 aromatic rings. The molecule has 0 aliphatic heterocycles. The molecule has 0 radical (unpaired) electrons. The number of hydrogen-bond donors (Lipinski definition) is 1. The highest BCUT2D eigenvalue weighted by atomic mass is 35.5. The largest absolute Gasteiger partial charge is 0.351 e. The van der Waals surface area contributed by atoms with Crippen LogP contribution in [0.2, 0.25) is 0 Å². The van der Waals surface area contributed by atoms with Gasteiger partial charge in [-0.15, -0.1) is 11.6 Å². The van der Waals surface area contributed by atoms with Crippen LogP contribution in [0, 0.1) is 5.41 Å². The molecule has 1 amide bonds. The number of alkyl halides is 1. The average Bonchev–Trinajstić information content (AvgIpc) is 3.08. The van der Waals surface area contributed by atoms with Crippen LogP contribution in [0.4, 0.5) is 0 Å². The van der Waals surface area contributed by atoms with E-state index in [4.69, 9.17) is 11.6 Å². The van der Waals surface area contributed by atoms with Crippen LogP contribution >= 0.6 is 11.6 Å². The molecule has 1 N–H and O–H groups in total. The monoisotopic (exact) mass is 239 g/mol. The third-order valence-corrected chi connectivity index (χ3v) is 3.22. The average molecular weight is 240 g/mol. The lowest BCUT2D eigenvalue weighted by Gasteiger charge is -2.13. The lowest BCUT2D eigenvalue weighted by molar-refractivity contribution is 0.0943. The molecular weight excluding hydrogens is 226 g/mol. The van der Waals surface area contributed by atoms with Gasteiger partial charge < -0.3 is 5.32 Å². The summed E-state index contributed by atoms with van der Waals surface area (Å²) in [6, 6.07) is 0. The first-order valence-corrected chi connectivity index (χ1v) is 5.88. The molecule has 86 valence electrons. The van der Waals surface area contributed by atoms with Crippen LogP contribution < -0.4 is 5.32 Å². The second-order valence-corrected chi connectivity index (χ2v) is 4.63. The molecule has 1 saturated carbocycles. The lowest BCUT2D eigenvalue weighted by Crippen LogP contribution is -2.30. The minimum Gasteiger partial charge on any atom is -0.351 e. The number of carbonyl (C=O) groups excluding carboxylic acids is 1. The maximum Gasteiger partial charge on any atom is 0.254 e. The Kier molecular flexibility index (Phi) is 3.39. The molecule has 1 aliphatic rings. The molecule has 1 fully saturated rings. The van der Waals surface area contributed by atoms with Gasteiger partial charge in [0.05, 0.1) is 5.56 Å². The van der Waals surface area contributed by atoms with Crippen molar-refractivity contribution < 1.29 is 4.79 Å². The van der Waals surface area contributed by atoms with Crippen molar-refractivity contribution in [2.75, 3.05) is 12.4 Å². The first kappa shape index (κ1) is 11.3. The van der Waals surface area contributed by atoms with Crippen molar-refractivity contribution >= 4 is 17.5 Å². The van der Waals surface area contributed by atoms with Crippen molar-refractivity contribution in [3.05, 3.63) is 24.3 Å². The summed E-state index contributed by atoms with van der Waals surface area (Å²) >= 11 is 5.73. The standard InChI is InChI=1S/C11H14ClN3O/c12-4-3-11(1-2-11)7-15-10(16)9-5-13-8-14-6-9/h5-6,8H,1-4,7H2,(H,15,16). The van der Waals surface area contributed by atoms with Crippen LogP contribution in [0.15, 0.2) is 18.7 Å². The van der Waals surface area contributed by atoms with E-state index in [2.05, 4.69) is 15.3 Å². The SMILES string of the molecule is O=C(NCC1(CCCl)CC1)c1cncnc1. The minimum atomic E-state index is -0.110. The Labute approximate surface area is 99.4 Å². The molecule has 4 nitrogen and oxygen atoms in total. The number of nitrogens with one attached hydrogen (secondary N) is 1. The normalized spacial score (nSPS) is 16.8. The highest BCUT2D eigenvalue weighted by Gasteiger charge is 2.41. The van der Waals surface area contributed by atoms with Crippen LogP contribution in [0.1, 0.15) is 29.6 Å². The quantitative estimate of drug-likeness (QED) is 0.795. The van der Waals surface area contributed by atoms with Crippen LogP contribution in [0.3, 0.4) is 0 Å². The van der Waals surface area contributed by atoms with Crippen molar-refractivity contribution in [3.8, 4) is 0 Å². The summed E-state index contributed by atoms with van der Waals surface area (Å²) < 4.78 is 0. The van der Waals surface area contributed by atoms with Crippen LogP contribution in [-0.4, -0.2) is 28.3 Å². The maximum atomic E-state index is 11.7. The first-order valence-electron chi connectivity index (χ1n) is 5.35. The molecule has 0 saturated heterocycles. The van der Waals surface area contributed by atoms with E-state index in [0.717, 1.165) is 19.3 Å². The van der Waals surface area contributed by atoms with Gasteiger partial charge in [-0.3, -0.25) is 4.79 Å². The molecule has 1 aromatic heterocycles. The molecular formula is C11H14ClN3O. The van der Waals surface area contributed by atoms with Crippen molar-refractivity contribution in [1.29, 1.82) is 0 Å². The van der Waals surface area contributed by atoms with Gasteiger partial charge in [-0.05, 0) is 24.7 Å². The van der Waals surface area contributed by atoms with E-state index in [1.807, 2.05) is 0 Å². The minimum absolute atomic E-state index is 0.110. The fraction of sp³-hybridized carbons (Fsp3) is 0.545. The van der Waals surface area contributed by atoms with Gasteiger partial charge in [-0.2, -0.15) is 0 Å². The number of hydrogen-bond acceptors (Lipinski definition) is 3. The maximum absolute atomic E-state index is 11.7. The van der Waals surface area contributed by atoms with Gasteiger partial charge in [0.25, 0.3) is 5.91 Å². The van der Waals surface area contributed by atoms with E-state index in [1.165, 1.54) is 18.7 Å². The second-order valence-electron chi connectivity index (χ2n) is 4.25. The van der Waals surface area contributed by atoms with Gasteiger partial charge in [0, 0.05) is 24.8 Å². The van der Waals surface area contributed by atoms with Crippen LogP contribution in [0.25, 0.3) is 0 Å². The highest BCUT2D eigenvalue weighted by molar-refractivity contribution is 6.17. The fourth-order valence-electron chi connectivity index (χ4n) is 1.68. The molecule has 0 unspecified atom stereocenters. The van der Waals surface area contributed by atoms with Crippen molar-refractivity contribution in [2.24, 2.45) is 5.41 Å². The van der Waals surface area contributed by atoms with Crippen molar-refractivity contribution in [1.82, 2.24) is 15.3 Å². The molecule has 0 spiro atoms. The third-order valence-electron chi connectivity index (χ3n) is 3.03. The number of carbonyl (C=O) groups is 1. The topological polar surface area (TPSA) is 54.9 Å². The van der Waals surface area contributed by atoms with Gasteiger partial charge >= 0.3 is 0 Å². The van der Waals surface area contributed by atoms with Crippen LogP contribution in [-0.2, 0) is 0 Å². The Hall–Kier alpha value is -1.16. The first-order chi connectivity index (χ1) is 7.76. The molecule has 0 atom stereocenters. The van der Waals surface area contributed by atoms with E-state index in [-0.39, 0.29) is 11.3 Å². The zero-order valence-electron chi connectivity index (χ0n) is 8.95. The van der Waals surface area contributed by atoms with Gasteiger partial charge in [0.15, 0.2) is 0 Å². The van der Waals surface area contributed by atoms with E-state index in [9.17, 15) is 4.79 Å². The summed E-state index contributed by atoms with van der Waals surface area (Å²) in [5.74, 6) is 0.547. The molecule has 1 heterocycles. The zero-order valence-corrected chi connectivity index (χ0v) is 9.70. The Morgan fingerprint density at radius 3 is 2.69 bits per heavy atom. The molecule has 2 rings (SSSR count). The van der Waals surface area contributed by atoms with Gasteiger partial charge in [0.2, 0.25) is 0 Å². The summed E-state index contributed by atoms with van der Waals surface area (Å²) in [6.07, 6.45) is 7.73. The molecule has 1 aliphatic carbocycles. The van der Waals surface area contributed by atoms with Crippen LogP contribution in [0.5, 0.6) is 0 Å². The second kappa shape index (κ2) is 4.78. The Morgan fingerprint density at radius 2 is 2.12 bits per heavy atom. The molecule has 5 heteroatoms. The summed E-state index contributed by atoms with van der Waals surface area (Å²) in [5, 5.41) is 2.91. The number of aromatic nitrogens is 2. The van der Waals surface area contributed by atoms with Gasteiger partial charge in [-0.1, -0.05) is 0 Å². The Morgan fingerprint density at radius 1 is 1.44 bits per heavy atom. The van der Waals surface area contributed by atoms with Gasteiger partial charge in [0.1, 0.15) is 6.33 Å². The number of amides is 1. The highest BCUT2D eigenvalue weighted by Crippen LogP contribution is 2.48.